The summed E-state index contributed by atoms with van der Waals surface area (Å²) < 4.78 is 32.3. The molecule has 9 nitrogen and oxygen atoms in total. The molecule has 0 atom stereocenters. The number of aromatic nitrogens is 1. The van der Waals surface area contributed by atoms with E-state index in [0.29, 0.717) is 5.88 Å². The van der Waals surface area contributed by atoms with Gasteiger partial charge in [0.15, 0.2) is 0 Å². The lowest BCUT2D eigenvalue weighted by Gasteiger charge is -2.20. The van der Waals surface area contributed by atoms with E-state index in [1.165, 1.54) is 19.2 Å². The highest BCUT2D eigenvalue weighted by molar-refractivity contribution is 7.89. The van der Waals surface area contributed by atoms with Crippen LogP contribution in [0.1, 0.15) is 26.3 Å². The van der Waals surface area contributed by atoms with Gasteiger partial charge in [0.1, 0.15) is 5.69 Å². The Bertz CT molecular complexity index is 939. The molecule has 0 unspecified atom stereocenters. The normalized spacial score (nSPS) is 11.9. The highest BCUT2D eigenvalue weighted by Gasteiger charge is 2.25. The summed E-state index contributed by atoms with van der Waals surface area (Å²) in [5, 5.41) is 14.4. The number of anilines is 1. The zero-order valence-corrected chi connectivity index (χ0v) is 16.3. The summed E-state index contributed by atoms with van der Waals surface area (Å²) in [6, 6.07) is 7.20. The van der Waals surface area contributed by atoms with Crippen molar-refractivity contribution in [3.8, 4) is 5.88 Å². The lowest BCUT2D eigenvalue weighted by atomic mass is 10.1. The summed E-state index contributed by atoms with van der Waals surface area (Å²) in [7, 11) is -2.38. The molecule has 2 rings (SSSR count). The number of pyridine rings is 1. The second kappa shape index (κ2) is 7.89. The fourth-order valence-corrected chi connectivity index (χ4v) is 3.75. The molecular formula is C17H22N4O5S. The molecule has 2 aromatic rings. The molecule has 0 spiro atoms. The van der Waals surface area contributed by atoms with E-state index in [0.717, 1.165) is 11.6 Å². The predicted molar refractivity (Wildman–Crippen MR) is 101 cm³/mol. The molecule has 0 aliphatic rings. The van der Waals surface area contributed by atoms with Crippen LogP contribution >= 0.6 is 0 Å². The molecule has 0 saturated heterocycles. The first-order valence-electron chi connectivity index (χ1n) is 8.07. The van der Waals surface area contributed by atoms with E-state index in [4.69, 9.17) is 4.74 Å². The number of rotatable bonds is 7. The van der Waals surface area contributed by atoms with Crippen LogP contribution in [0.25, 0.3) is 0 Å². The molecule has 0 bridgehead atoms. The number of nitrogens with zero attached hydrogens (tertiary/aromatic N) is 2. The molecule has 0 amide bonds. The second-order valence-corrected chi connectivity index (χ2v) is 8.53. The van der Waals surface area contributed by atoms with Gasteiger partial charge in [0.2, 0.25) is 15.9 Å². The van der Waals surface area contributed by atoms with Gasteiger partial charge in [-0.25, -0.2) is 18.1 Å². The van der Waals surface area contributed by atoms with Gasteiger partial charge < -0.3 is 10.1 Å². The number of methoxy groups -OCH3 is 1. The Hall–Kier alpha value is -2.72. The summed E-state index contributed by atoms with van der Waals surface area (Å²) in [6.07, 6.45) is 1.57. The van der Waals surface area contributed by atoms with Gasteiger partial charge in [-0.2, -0.15) is 0 Å². The van der Waals surface area contributed by atoms with E-state index < -0.39 is 20.5 Å². The first kappa shape index (κ1) is 20.6. The van der Waals surface area contributed by atoms with Crippen molar-refractivity contribution in [1.82, 2.24) is 9.71 Å². The topological polar surface area (TPSA) is 123 Å². The number of ether oxygens (including phenoxy) is 1. The Labute approximate surface area is 158 Å². The van der Waals surface area contributed by atoms with Crippen molar-refractivity contribution in [1.29, 1.82) is 0 Å². The molecule has 0 saturated carbocycles. The van der Waals surface area contributed by atoms with Gasteiger partial charge >= 0.3 is 0 Å². The molecule has 1 heterocycles. The average molecular weight is 394 g/mol. The lowest BCUT2D eigenvalue weighted by Crippen LogP contribution is -2.40. The lowest BCUT2D eigenvalue weighted by molar-refractivity contribution is -0.384. The number of hydrogen-bond acceptors (Lipinski definition) is 7. The Kier molecular flexibility index (Phi) is 6.01. The number of sulfonamides is 1. The van der Waals surface area contributed by atoms with Crippen LogP contribution in [0.5, 0.6) is 5.88 Å². The van der Waals surface area contributed by atoms with Gasteiger partial charge in [0, 0.05) is 30.4 Å². The SMILES string of the molecule is COc1cc(CNc2ccc(S(=O)(=O)NC(C)(C)C)cc2[N+](=O)[O-])ccn1. The Morgan fingerprint density at radius 3 is 2.52 bits per heavy atom. The van der Waals surface area contributed by atoms with Crippen LogP contribution in [0, 0.1) is 10.1 Å². The summed E-state index contributed by atoms with van der Waals surface area (Å²) in [5.41, 5.74) is -0.00849. The van der Waals surface area contributed by atoms with Crippen molar-refractivity contribution < 1.29 is 18.1 Å². The average Bonchev–Trinajstić information content (AvgIpc) is 2.57. The van der Waals surface area contributed by atoms with Crippen molar-refractivity contribution in [3.63, 3.8) is 0 Å². The zero-order valence-electron chi connectivity index (χ0n) is 15.5. The highest BCUT2D eigenvalue weighted by atomic mass is 32.2. The maximum absolute atomic E-state index is 12.4. The number of nitro benzene ring substituents is 1. The van der Waals surface area contributed by atoms with Crippen molar-refractivity contribution in [2.24, 2.45) is 0 Å². The predicted octanol–water partition coefficient (Wildman–Crippen LogP) is 2.69. The summed E-state index contributed by atoms with van der Waals surface area (Å²) >= 11 is 0. The van der Waals surface area contributed by atoms with E-state index in [1.807, 2.05) is 0 Å². The third-order valence-corrected chi connectivity index (χ3v) is 5.16. The van der Waals surface area contributed by atoms with Gasteiger partial charge in [-0.15, -0.1) is 0 Å². The number of nitrogens with one attached hydrogen (secondary N) is 2. The van der Waals surface area contributed by atoms with E-state index in [1.54, 1.807) is 39.1 Å². The molecule has 0 fully saturated rings. The third-order valence-electron chi connectivity index (χ3n) is 3.41. The molecule has 0 radical (unpaired) electrons. The molecular weight excluding hydrogens is 372 g/mol. The Balaban J connectivity index is 2.29. The van der Waals surface area contributed by atoms with Crippen LogP contribution in [0.15, 0.2) is 41.4 Å². The van der Waals surface area contributed by atoms with Crippen LogP contribution in [0.3, 0.4) is 0 Å². The molecule has 10 heteroatoms. The third kappa shape index (κ3) is 5.63. The molecule has 0 aliphatic heterocycles. The first-order valence-corrected chi connectivity index (χ1v) is 9.55. The van der Waals surface area contributed by atoms with E-state index >= 15 is 0 Å². The maximum atomic E-state index is 12.4. The maximum Gasteiger partial charge on any atom is 0.293 e. The fraction of sp³-hybridized carbons (Fsp3) is 0.353. The standard InChI is InChI=1S/C17H22N4O5S/c1-17(2,3)20-27(24,25)13-5-6-14(15(10-13)21(22)23)19-11-12-7-8-18-16(9-12)26-4/h5-10,19-20H,11H2,1-4H3. The first-order chi connectivity index (χ1) is 12.5. The molecule has 27 heavy (non-hydrogen) atoms. The number of benzene rings is 1. The zero-order chi connectivity index (χ0) is 20.2. The fourth-order valence-electron chi connectivity index (χ4n) is 2.31. The monoisotopic (exact) mass is 394 g/mol. The summed E-state index contributed by atoms with van der Waals surface area (Å²) in [5.74, 6) is 0.429. The van der Waals surface area contributed by atoms with Crippen molar-refractivity contribution in [3.05, 3.63) is 52.2 Å². The van der Waals surface area contributed by atoms with Crippen LogP contribution in [0.4, 0.5) is 11.4 Å². The highest BCUT2D eigenvalue weighted by Crippen LogP contribution is 2.28. The number of hydrogen-bond donors (Lipinski definition) is 2. The molecule has 0 aliphatic carbocycles. The van der Waals surface area contributed by atoms with Gasteiger partial charge in [-0.3, -0.25) is 10.1 Å². The van der Waals surface area contributed by atoms with Crippen molar-refractivity contribution in [2.45, 2.75) is 37.8 Å². The molecule has 1 aromatic carbocycles. The van der Waals surface area contributed by atoms with Gasteiger partial charge in [-0.1, -0.05) is 0 Å². The summed E-state index contributed by atoms with van der Waals surface area (Å²) in [4.78, 5) is 14.6. The Morgan fingerprint density at radius 2 is 1.93 bits per heavy atom. The Morgan fingerprint density at radius 1 is 1.22 bits per heavy atom. The minimum absolute atomic E-state index is 0.166. The van der Waals surface area contributed by atoms with Crippen LogP contribution in [0.2, 0.25) is 0 Å². The molecule has 2 N–H and O–H groups in total. The van der Waals surface area contributed by atoms with E-state index in [2.05, 4.69) is 15.0 Å². The van der Waals surface area contributed by atoms with Crippen LogP contribution in [-0.4, -0.2) is 31.0 Å². The minimum atomic E-state index is -3.87. The minimum Gasteiger partial charge on any atom is -0.481 e. The van der Waals surface area contributed by atoms with E-state index in [-0.39, 0.29) is 22.8 Å². The van der Waals surface area contributed by atoms with Crippen molar-refractivity contribution in [2.75, 3.05) is 12.4 Å². The second-order valence-electron chi connectivity index (χ2n) is 6.85. The largest absolute Gasteiger partial charge is 0.481 e. The van der Waals surface area contributed by atoms with Gasteiger partial charge in [-0.05, 0) is 44.5 Å². The molecule has 1 aromatic heterocycles. The number of nitro groups is 1. The van der Waals surface area contributed by atoms with E-state index in [9.17, 15) is 18.5 Å². The van der Waals surface area contributed by atoms with Crippen LogP contribution < -0.4 is 14.8 Å². The quantitative estimate of drug-likeness (QED) is 0.546. The smallest absolute Gasteiger partial charge is 0.293 e. The van der Waals surface area contributed by atoms with Crippen LogP contribution in [-0.2, 0) is 16.6 Å². The van der Waals surface area contributed by atoms with Gasteiger partial charge in [0.25, 0.3) is 5.69 Å². The van der Waals surface area contributed by atoms with Gasteiger partial charge in [0.05, 0.1) is 16.9 Å². The summed E-state index contributed by atoms with van der Waals surface area (Å²) in [6.45, 7) is 5.36. The molecule has 146 valence electrons. The van der Waals surface area contributed by atoms with Crippen molar-refractivity contribution >= 4 is 21.4 Å².